The quantitative estimate of drug-likeness (QED) is 0.776. The maximum Gasteiger partial charge on any atom is 0.0743 e. The van der Waals surface area contributed by atoms with Gasteiger partial charge in [0, 0.05) is 17.0 Å². The molecule has 1 aromatic heterocycles. The van der Waals surface area contributed by atoms with Crippen LogP contribution >= 0.6 is 11.6 Å². The number of nitrogens with zero attached hydrogens (tertiary/aromatic N) is 2. The van der Waals surface area contributed by atoms with Crippen molar-refractivity contribution in [1.82, 2.24) is 9.78 Å². The standard InChI is InChI=1S/C19H20ClN3/c1-13-4-3-5-18(14(13)2)23-19(12-17(22-23)10-11-21)15-6-8-16(20)9-7-15/h3-9,12H,10-11,21H2,1-2H3. The molecule has 0 aliphatic heterocycles. The Hall–Kier alpha value is -2.10. The fourth-order valence-corrected chi connectivity index (χ4v) is 2.80. The molecule has 0 aliphatic rings. The van der Waals surface area contributed by atoms with Crippen LogP contribution in [-0.4, -0.2) is 16.3 Å². The van der Waals surface area contributed by atoms with Gasteiger partial charge in [-0.15, -0.1) is 0 Å². The van der Waals surface area contributed by atoms with Crippen LogP contribution in [0.3, 0.4) is 0 Å². The van der Waals surface area contributed by atoms with E-state index in [2.05, 4.69) is 38.1 Å². The van der Waals surface area contributed by atoms with Crippen molar-refractivity contribution in [3.05, 3.63) is 70.4 Å². The minimum Gasteiger partial charge on any atom is -0.330 e. The van der Waals surface area contributed by atoms with Gasteiger partial charge in [-0.3, -0.25) is 0 Å². The Bertz CT molecular complexity index is 819. The molecule has 0 aliphatic carbocycles. The highest BCUT2D eigenvalue weighted by molar-refractivity contribution is 6.30. The predicted octanol–water partition coefficient (Wildman–Crippen LogP) is 4.31. The second kappa shape index (κ2) is 6.57. The van der Waals surface area contributed by atoms with Crippen LogP contribution in [0.2, 0.25) is 5.02 Å². The summed E-state index contributed by atoms with van der Waals surface area (Å²) >= 11 is 6.02. The molecule has 0 radical (unpaired) electrons. The van der Waals surface area contributed by atoms with E-state index in [9.17, 15) is 0 Å². The second-order valence-corrected chi connectivity index (χ2v) is 6.13. The van der Waals surface area contributed by atoms with Gasteiger partial charge in [0.2, 0.25) is 0 Å². The van der Waals surface area contributed by atoms with Gasteiger partial charge in [0.05, 0.1) is 17.1 Å². The number of rotatable bonds is 4. The minimum absolute atomic E-state index is 0.587. The summed E-state index contributed by atoms with van der Waals surface area (Å²) in [4.78, 5) is 0. The Morgan fingerprint density at radius 2 is 1.83 bits per heavy atom. The Morgan fingerprint density at radius 1 is 1.09 bits per heavy atom. The van der Waals surface area contributed by atoms with Crippen molar-refractivity contribution >= 4 is 11.6 Å². The smallest absolute Gasteiger partial charge is 0.0743 e. The summed E-state index contributed by atoms with van der Waals surface area (Å²) in [6.07, 6.45) is 0.762. The molecule has 0 fully saturated rings. The van der Waals surface area contributed by atoms with Gasteiger partial charge < -0.3 is 5.73 Å². The van der Waals surface area contributed by atoms with Crippen LogP contribution in [0.4, 0.5) is 0 Å². The largest absolute Gasteiger partial charge is 0.330 e. The minimum atomic E-state index is 0.587. The normalized spacial score (nSPS) is 11.0. The molecule has 2 N–H and O–H groups in total. The zero-order valence-corrected chi connectivity index (χ0v) is 14.1. The third-order valence-electron chi connectivity index (χ3n) is 4.10. The second-order valence-electron chi connectivity index (χ2n) is 5.70. The molecule has 0 saturated heterocycles. The lowest BCUT2D eigenvalue weighted by Crippen LogP contribution is -2.05. The van der Waals surface area contributed by atoms with E-state index in [1.54, 1.807) is 0 Å². The van der Waals surface area contributed by atoms with Crippen molar-refractivity contribution in [2.45, 2.75) is 20.3 Å². The van der Waals surface area contributed by atoms with Crippen LogP contribution in [0, 0.1) is 13.8 Å². The van der Waals surface area contributed by atoms with Crippen molar-refractivity contribution in [1.29, 1.82) is 0 Å². The number of benzene rings is 2. The lowest BCUT2D eigenvalue weighted by Gasteiger charge is -2.12. The number of nitrogens with two attached hydrogens (primary N) is 1. The molecule has 118 valence electrons. The number of halogens is 1. The van der Waals surface area contributed by atoms with Crippen LogP contribution in [0.15, 0.2) is 48.5 Å². The molecule has 0 bridgehead atoms. The van der Waals surface area contributed by atoms with Crippen molar-refractivity contribution in [3.63, 3.8) is 0 Å². The maximum absolute atomic E-state index is 6.02. The highest BCUT2D eigenvalue weighted by atomic mass is 35.5. The van der Waals surface area contributed by atoms with Gasteiger partial charge in [-0.1, -0.05) is 35.9 Å². The van der Waals surface area contributed by atoms with E-state index in [1.165, 1.54) is 11.1 Å². The molecule has 0 amide bonds. The average Bonchev–Trinajstić information content (AvgIpc) is 2.95. The zero-order valence-electron chi connectivity index (χ0n) is 13.4. The van der Waals surface area contributed by atoms with Crippen LogP contribution in [-0.2, 0) is 6.42 Å². The molecule has 3 nitrogen and oxygen atoms in total. The highest BCUT2D eigenvalue weighted by Crippen LogP contribution is 2.27. The molecule has 23 heavy (non-hydrogen) atoms. The summed E-state index contributed by atoms with van der Waals surface area (Å²) in [5.74, 6) is 0. The van der Waals surface area contributed by atoms with E-state index < -0.39 is 0 Å². The zero-order chi connectivity index (χ0) is 16.4. The SMILES string of the molecule is Cc1cccc(-n2nc(CCN)cc2-c2ccc(Cl)cc2)c1C. The fraction of sp³-hybridized carbons (Fsp3) is 0.211. The van der Waals surface area contributed by atoms with E-state index >= 15 is 0 Å². The van der Waals surface area contributed by atoms with Crippen molar-refractivity contribution in [2.24, 2.45) is 5.73 Å². The van der Waals surface area contributed by atoms with Crippen molar-refractivity contribution in [2.75, 3.05) is 6.54 Å². The molecular weight excluding hydrogens is 306 g/mol. The number of aromatic nitrogens is 2. The lowest BCUT2D eigenvalue weighted by molar-refractivity contribution is 0.820. The monoisotopic (exact) mass is 325 g/mol. The molecule has 0 saturated carbocycles. The van der Waals surface area contributed by atoms with Crippen LogP contribution in [0.5, 0.6) is 0 Å². The van der Waals surface area contributed by atoms with Gasteiger partial charge in [-0.05, 0) is 55.8 Å². The van der Waals surface area contributed by atoms with Gasteiger partial charge in [0.15, 0.2) is 0 Å². The summed E-state index contributed by atoms with van der Waals surface area (Å²) in [7, 11) is 0. The number of hydrogen-bond donors (Lipinski definition) is 1. The summed E-state index contributed by atoms with van der Waals surface area (Å²) in [5, 5.41) is 5.50. The van der Waals surface area contributed by atoms with Gasteiger partial charge in [-0.25, -0.2) is 4.68 Å². The Kier molecular flexibility index (Phi) is 4.51. The molecule has 0 atom stereocenters. The Balaban J connectivity index is 2.18. The number of hydrogen-bond acceptors (Lipinski definition) is 2. The fourth-order valence-electron chi connectivity index (χ4n) is 2.68. The first-order valence-electron chi connectivity index (χ1n) is 7.71. The predicted molar refractivity (Wildman–Crippen MR) is 96.2 cm³/mol. The molecule has 3 aromatic rings. The van der Waals surface area contributed by atoms with Gasteiger partial charge in [0.1, 0.15) is 0 Å². The van der Waals surface area contributed by atoms with E-state index in [1.807, 2.05) is 28.9 Å². The first-order valence-corrected chi connectivity index (χ1v) is 8.09. The van der Waals surface area contributed by atoms with Crippen LogP contribution in [0.25, 0.3) is 16.9 Å². The summed E-state index contributed by atoms with van der Waals surface area (Å²) in [6.45, 7) is 4.83. The third-order valence-corrected chi connectivity index (χ3v) is 4.36. The van der Waals surface area contributed by atoms with Crippen molar-refractivity contribution in [3.8, 4) is 16.9 Å². The summed E-state index contributed by atoms with van der Waals surface area (Å²) < 4.78 is 2.01. The Morgan fingerprint density at radius 3 is 2.52 bits per heavy atom. The van der Waals surface area contributed by atoms with Gasteiger partial charge in [0.25, 0.3) is 0 Å². The first kappa shape index (κ1) is 15.8. The Labute approximate surface area is 141 Å². The van der Waals surface area contributed by atoms with E-state index in [0.717, 1.165) is 34.1 Å². The van der Waals surface area contributed by atoms with Gasteiger partial charge in [-0.2, -0.15) is 5.10 Å². The van der Waals surface area contributed by atoms with E-state index in [4.69, 9.17) is 22.4 Å². The van der Waals surface area contributed by atoms with Gasteiger partial charge >= 0.3 is 0 Å². The third kappa shape index (κ3) is 3.16. The molecule has 3 rings (SSSR count). The molecular formula is C19H20ClN3. The first-order chi connectivity index (χ1) is 11.1. The van der Waals surface area contributed by atoms with E-state index in [0.29, 0.717) is 6.54 Å². The molecule has 2 aromatic carbocycles. The molecule has 4 heteroatoms. The average molecular weight is 326 g/mol. The summed E-state index contributed by atoms with van der Waals surface area (Å²) in [5.41, 5.74) is 12.4. The molecule has 0 unspecified atom stereocenters. The van der Waals surface area contributed by atoms with Crippen LogP contribution in [0.1, 0.15) is 16.8 Å². The molecule has 0 spiro atoms. The topological polar surface area (TPSA) is 43.8 Å². The van der Waals surface area contributed by atoms with E-state index in [-0.39, 0.29) is 0 Å². The molecule has 1 heterocycles. The maximum atomic E-state index is 6.02. The summed E-state index contributed by atoms with van der Waals surface area (Å²) in [6, 6.07) is 16.2. The number of aryl methyl sites for hydroxylation is 1. The van der Waals surface area contributed by atoms with Crippen molar-refractivity contribution < 1.29 is 0 Å². The highest BCUT2D eigenvalue weighted by Gasteiger charge is 2.13. The lowest BCUT2D eigenvalue weighted by atomic mass is 10.1. The van der Waals surface area contributed by atoms with Crippen LogP contribution < -0.4 is 5.73 Å².